The van der Waals surface area contributed by atoms with Gasteiger partial charge >= 0.3 is 0 Å². The number of aryl methyl sites for hydroxylation is 1. The lowest BCUT2D eigenvalue weighted by atomic mass is 10.2. The molecule has 2 N–H and O–H groups in total. The van der Waals surface area contributed by atoms with Gasteiger partial charge in [0.15, 0.2) is 4.96 Å². The number of rotatable bonds is 4. The van der Waals surface area contributed by atoms with Crippen LogP contribution in [0.25, 0.3) is 4.96 Å². The Morgan fingerprint density at radius 3 is 2.83 bits per heavy atom. The summed E-state index contributed by atoms with van der Waals surface area (Å²) in [4.78, 5) is 28.6. The maximum Gasteiger partial charge on any atom is 0.230 e. The van der Waals surface area contributed by atoms with Crippen molar-refractivity contribution in [1.82, 2.24) is 9.38 Å². The van der Waals surface area contributed by atoms with Crippen LogP contribution in [0.3, 0.4) is 0 Å². The minimum atomic E-state index is -0.203. The lowest BCUT2D eigenvalue weighted by Gasteiger charge is -2.09. The Kier molecular flexibility index (Phi) is 4.55. The Hall–Kier alpha value is -2.38. The minimum Gasteiger partial charge on any atom is -0.326 e. The van der Waals surface area contributed by atoms with Crippen molar-refractivity contribution in [3.63, 3.8) is 0 Å². The zero-order valence-corrected chi connectivity index (χ0v) is 14.7. The number of halogens is 1. The first-order chi connectivity index (χ1) is 11.4. The molecule has 3 aromatic rings. The topological polar surface area (TPSA) is 75.5 Å². The smallest absolute Gasteiger partial charge is 0.230 e. The van der Waals surface area contributed by atoms with Crippen molar-refractivity contribution in [2.45, 2.75) is 20.3 Å². The van der Waals surface area contributed by atoms with E-state index < -0.39 is 0 Å². The van der Waals surface area contributed by atoms with Gasteiger partial charge in [0.1, 0.15) is 0 Å². The summed E-state index contributed by atoms with van der Waals surface area (Å²) in [5, 5.41) is 7.72. The second-order valence-corrected chi connectivity index (χ2v) is 6.61. The molecule has 2 aromatic heterocycles. The van der Waals surface area contributed by atoms with E-state index in [4.69, 9.17) is 11.6 Å². The lowest BCUT2D eigenvalue weighted by Crippen LogP contribution is -2.15. The Labute approximate surface area is 147 Å². The summed E-state index contributed by atoms with van der Waals surface area (Å²) in [6.07, 6.45) is 2.15. The highest BCUT2D eigenvalue weighted by molar-refractivity contribution is 7.15. The average molecular weight is 363 g/mol. The van der Waals surface area contributed by atoms with Gasteiger partial charge in [0.25, 0.3) is 0 Å². The quantitative estimate of drug-likeness (QED) is 0.745. The molecule has 0 atom stereocenters. The number of benzene rings is 1. The fourth-order valence-electron chi connectivity index (χ4n) is 2.32. The molecule has 0 radical (unpaired) electrons. The van der Waals surface area contributed by atoms with Gasteiger partial charge < -0.3 is 10.6 Å². The predicted octanol–water partition coefficient (Wildman–Crippen LogP) is 3.50. The van der Waals surface area contributed by atoms with Crippen molar-refractivity contribution in [2.24, 2.45) is 0 Å². The van der Waals surface area contributed by atoms with E-state index >= 15 is 0 Å². The van der Waals surface area contributed by atoms with Crippen LogP contribution in [0.15, 0.2) is 29.8 Å². The highest BCUT2D eigenvalue weighted by atomic mass is 35.5. The number of amides is 2. The highest BCUT2D eigenvalue weighted by Gasteiger charge is 2.11. The first kappa shape index (κ1) is 16.5. The molecular formula is C16H15ClN4O2S. The monoisotopic (exact) mass is 362 g/mol. The third-order valence-electron chi connectivity index (χ3n) is 3.31. The molecule has 3 rings (SSSR count). The summed E-state index contributed by atoms with van der Waals surface area (Å²) in [6.45, 7) is 3.33. The van der Waals surface area contributed by atoms with Gasteiger partial charge in [-0.25, -0.2) is 4.98 Å². The van der Waals surface area contributed by atoms with Crippen LogP contribution in [0.2, 0.25) is 5.02 Å². The van der Waals surface area contributed by atoms with Crippen molar-refractivity contribution >= 4 is 51.1 Å². The van der Waals surface area contributed by atoms with Crippen molar-refractivity contribution in [3.8, 4) is 0 Å². The molecule has 2 heterocycles. The molecule has 0 aliphatic rings. The number of hydrogen-bond acceptors (Lipinski definition) is 4. The summed E-state index contributed by atoms with van der Waals surface area (Å²) in [6, 6.07) is 4.95. The number of carbonyl (C=O) groups is 2. The molecule has 0 aliphatic heterocycles. The van der Waals surface area contributed by atoms with Gasteiger partial charge in [-0.2, -0.15) is 0 Å². The number of anilines is 2. The molecule has 0 bridgehead atoms. The number of imidazole rings is 1. The number of hydrogen-bond donors (Lipinski definition) is 2. The van der Waals surface area contributed by atoms with Crippen LogP contribution in [0.5, 0.6) is 0 Å². The second kappa shape index (κ2) is 6.62. The van der Waals surface area contributed by atoms with E-state index in [0.29, 0.717) is 16.4 Å². The van der Waals surface area contributed by atoms with E-state index in [2.05, 4.69) is 15.6 Å². The molecule has 0 saturated carbocycles. The fourth-order valence-corrected chi connectivity index (χ4v) is 3.47. The van der Waals surface area contributed by atoms with Crippen LogP contribution in [0.4, 0.5) is 11.4 Å². The SMILES string of the molecule is CC(=O)Nc1ccc(NC(=O)Cc2csc3nc(C)cn23)cc1Cl. The molecule has 8 heteroatoms. The number of fused-ring (bicyclic) bond motifs is 1. The Bertz CT molecular complexity index is 931. The maximum absolute atomic E-state index is 12.3. The van der Waals surface area contributed by atoms with Crippen LogP contribution in [0.1, 0.15) is 18.3 Å². The molecule has 124 valence electrons. The molecule has 0 saturated heterocycles. The van der Waals surface area contributed by atoms with Gasteiger partial charge in [0, 0.05) is 29.9 Å². The zero-order valence-electron chi connectivity index (χ0n) is 13.1. The van der Waals surface area contributed by atoms with E-state index in [1.807, 2.05) is 22.9 Å². The van der Waals surface area contributed by atoms with E-state index in [-0.39, 0.29) is 18.2 Å². The molecule has 0 unspecified atom stereocenters. The molecule has 1 aromatic carbocycles. The van der Waals surface area contributed by atoms with Gasteiger partial charge in [-0.15, -0.1) is 11.3 Å². The van der Waals surface area contributed by atoms with Crippen LogP contribution in [-0.2, 0) is 16.0 Å². The number of nitrogens with zero attached hydrogens (tertiary/aromatic N) is 2. The van der Waals surface area contributed by atoms with Gasteiger partial charge in [0.2, 0.25) is 11.8 Å². The Morgan fingerprint density at radius 2 is 2.12 bits per heavy atom. The van der Waals surface area contributed by atoms with E-state index in [0.717, 1.165) is 16.3 Å². The zero-order chi connectivity index (χ0) is 17.3. The molecule has 0 spiro atoms. The normalized spacial score (nSPS) is 10.8. The number of carbonyl (C=O) groups excluding carboxylic acids is 2. The standard InChI is InChI=1S/C16H15ClN4O2S/c1-9-7-21-12(8-24-16(21)18-9)6-15(23)20-11-3-4-14(13(17)5-11)19-10(2)22/h3-5,7-8H,6H2,1-2H3,(H,19,22)(H,20,23). The predicted molar refractivity (Wildman–Crippen MR) is 95.9 cm³/mol. The fraction of sp³-hybridized carbons (Fsp3) is 0.188. The van der Waals surface area contributed by atoms with Crippen molar-refractivity contribution < 1.29 is 9.59 Å². The van der Waals surface area contributed by atoms with Gasteiger partial charge in [-0.1, -0.05) is 11.6 Å². The molecule has 6 nitrogen and oxygen atoms in total. The Balaban J connectivity index is 1.70. The van der Waals surface area contributed by atoms with Crippen LogP contribution in [0, 0.1) is 6.92 Å². The Morgan fingerprint density at radius 1 is 1.33 bits per heavy atom. The summed E-state index contributed by atoms with van der Waals surface area (Å²) in [5.74, 6) is -0.352. The first-order valence-electron chi connectivity index (χ1n) is 7.21. The maximum atomic E-state index is 12.3. The first-order valence-corrected chi connectivity index (χ1v) is 8.47. The van der Waals surface area contributed by atoms with E-state index in [9.17, 15) is 9.59 Å². The van der Waals surface area contributed by atoms with E-state index in [1.54, 1.807) is 18.2 Å². The van der Waals surface area contributed by atoms with Gasteiger partial charge in [0.05, 0.1) is 22.8 Å². The van der Waals surface area contributed by atoms with E-state index in [1.165, 1.54) is 18.3 Å². The van der Waals surface area contributed by atoms with Crippen LogP contribution >= 0.6 is 22.9 Å². The molecular weight excluding hydrogens is 348 g/mol. The average Bonchev–Trinajstić information content (AvgIpc) is 3.02. The molecule has 2 amide bonds. The number of thiazole rings is 1. The number of aromatic nitrogens is 2. The summed E-state index contributed by atoms with van der Waals surface area (Å²) in [5.41, 5.74) is 2.89. The summed E-state index contributed by atoms with van der Waals surface area (Å²) in [7, 11) is 0. The van der Waals surface area contributed by atoms with Crippen LogP contribution in [-0.4, -0.2) is 21.2 Å². The van der Waals surface area contributed by atoms with Gasteiger partial charge in [-0.05, 0) is 25.1 Å². The van der Waals surface area contributed by atoms with Crippen molar-refractivity contribution in [1.29, 1.82) is 0 Å². The molecule has 24 heavy (non-hydrogen) atoms. The third kappa shape index (κ3) is 3.58. The lowest BCUT2D eigenvalue weighted by molar-refractivity contribution is -0.116. The third-order valence-corrected chi connectivity index (χ3v) is 4.51. The summed E-state index contributed by atoms with van der Waals surface area (Å²) >= 11 is 7.61. The highest BCUT2D eigenvalue weighted by Crippen LogP contribution is 2.25. The second-order valence-electron chi connectivity index (χ2n) is 5.36. The largest absolute Gasteiger partial charge is 0.326 e. The van der Waals surface area contributed by atoms with Crippen molar-refractivity contribution in [3.05, 3.63) is 46.2 Å². The van der Waals surface area contributed by atoms with Crippen LogP contribution < -0.4 is 10.6 Å². The minimum absolute atomic E-state index is 0.149. The van der Waals surface area contributed by atoms with Gasteiger partial charge in [-0.3, -0.25) is 14.0 Å². The van der Waals surface area contributed by atoms with Crippen molar-refractivity contribution in [2.75, 3.05) is 10.6 Å². The summed E-state index contributed by atoms with van der Waals surface area (Å²) < 4.78 is 1.92. The molecule has 0 aliphatic carbocycles. The number of nitrogens with one attached hydrogen (secondary N) is 2. The molecule has 0 fully saturated rings.